The quantitative estimate of drug-likeness (QED) is 0.551. The summed E-state index contributed by atoms with van der Waals surface area (Å²) in [6.45, 7) is 0. The molecule has 3 nitrogen and oxygen atoms in total. The van der Waals surface area contributed by atoms with E-state index >= 15 is 0 Å². The Hall–Kier alpha value is -1.69. The summed E-state index contributed by atoms with van der Waals surface area (Å²) in [5, 5.41) is 0.999. The van der Waals surface area contributed by atoms with Crippen LogP contribution in [0, 0.1) is 5.82 Å². The number of furan rings is 1. The Labute approximate surface area is 130 Å². The maximum atomic E-state index is 13.3. The molecular weight excluding hydrogens is 335 g/mol. The minimum Gasteiger partial charge on any atom is -0.458 e. The molecule has 0 amide bonds. The summed E-state index contributed by atoms with van der Waals surface area (Å²) >= 11 is 3.46. The van der Waals surface area contributed by atoms with Crippen LogP contribution in [0.25, 0.3) is 11.0 Å². The van der Waals surface area contributed by atoms with Gasteiger partial charge in [-0.15, -0.1) is 0 Å². The van der Waals surface area contributed by atoms with E-state index < -0.39 is 0 Å². The highest BCUT2D eigenvalue weighted by molar-refractivity contribution is 9.10. The second-order valence-electron chi connectivity index (χ2n) is 4.86. The summed E-state index contributed by atoms with van der Waals surface area (Å²) in [6.07, 6.45) is 0.547. The van der Waals surface area contributed by atoms with E-state index in [1.165, 1.54) is 12.1 Å². The number of hydrazine groups is 1. The molecule has 3 rings (SSSR count). The molecule has 0 saturated carbocycles. The lowest BCUT2D eigenvalue weighted by Crippen LogP contribution is -2.29. The van der Waals surface area contributed by atoms with Gasteiger partial charge in [-0.1, -0.05) is 24.3 Å². The molecule has 21 heavy (non-hydrogen) atoms. The highest BCUT2D eigenvalue weighted by Crippen LogP contribution is 2.30. The van der Waals surface area contributed by atoms with Crippen molar-refractivity contribution >= 4 is 26.9 Å². The standard InChI is InChI=1S/C16H14BrFN2O/c17-13-6-2-4-11-9-15(21-16(11)13)14(20-19)8-10-3-1-5-12(18)7-10/h1-7,9,14,20H,8,19H2. The Balaban J connectivity index is 1.93. The van der Waals surface area contributed by atoms with Gasteiger partial charge in [0, 0.05) is 5.39 Å². The van der Waals surface area contributed by atoms with E-state index in [0.29, 0.717) is 6.42 Å². The predicted molar refractivity (Wildman–Crippen MR) is 84.1 cm³/mol. The molecule has 0 saturated heterocycles. The third kappa shape index (κ3) is 3.00. The zero-order valence-electron chi connectivity index (χ0n) is 11.1. The largest absolute Gasteiger partial charge is 0.458 e. The monoisotopic (exact) mass is 348 g/mol. The van der Waals surface area contributed by atoms with E-state index in [9.17, 15) is 4.39 Å². The Morgan fingerprint density at radius 2 is 2.00 bits per heavy atom. The van der Waals surface area contributed by atoms with E-state index in [2.05, 4.69) is 21.4 Å². The topological polar surface area (TPSA) is 51.2 Å². The van der Waals surface area contributed by atoms with Crippen molar-refractivity contribution in [2.45, 2.75) is 12.5 Å². The minimum atomic E-state index is -0.254. The molecule has 1 aromatic heterocycles. The molecule has 1 atom stereocenters. The van der Waals surface area contributed by atoms with Gasteiger partial charge in [0.25, 0.3) is 0 Å². The first-order valence-electron chi connectivity index (χ1n) is 6.56. The van der Waals surface area contributed by atoms with E-state index in [1.807, 2.05) is 30.3 Å². The number of hydrogen-bond donors (Lipinski definition) is 2. The number of rotatable bonds is 4. The van der Waals surface area contributed by atoms with E-state index in [4.69, 9.17) is 10.3 Å². The lowest BCUT2D eigenvalue weighted by molar-refractivity contribution is 0.433. The molecule has 0 fully saturated rings. The van der Waals surface area contributed by atoms with Crippen LogP contribution in [-0.4, -0.2) is 0 Å². The minimum absolute atomic E-state index is 0.217. The number of nitrogens with one attached hydrogen (secondary N) is 1. The van der Waals surface area contributed by atoms with Gasteiger partial charge in [0.05, 0.1) is 10.5 Å². The first-order valence-corrected chi connectivity index (χ1v) is 7.35. The van der Waals surface area contributed by atoms with Crippen molar-refractivity contribution in [1.29, 1.82) is 0 Å². The van der Waals surface area contributed by atoms with Gasteiger partial charge in [0.2, 0.25) is 0 Å². The number of benzene rings is 2. The molecule has 2 aromatic carbocycles. The summed E-state index contributed by atoms with van der Waals surface area (Å²) in [4.78, 5) is 0. The molecule has 1 heterocycles. The van der Waals surface area contributed by atoms with Crippen molar-refractivity contribution in [2.75, 3.05) is 0 Å². The number of nitrogens with two attached hydrogens (primary N) is 1. The van der Waals surface area contributed by atoms with Gasteiger partial charge in [0.15, 0.2) is 0 Å². The molecular formula is C16H14BrFN2O. The van der Waals surface area contributed by atoms with Gasteiger partial charge in [-0.2, -0.15) is 0 Å². The first-order chi connectivity index (χ1) is 10.2. The van der Waals surface area contributed by atoms with Gasteiger partial charge in [-0.3, -0.25) is 5.84 Å². The van der Waals surface area contributed by atoms with Crippen LogP contribution in [0.5, 0.6) is 0 Å². The fraction of sp³-hybridized carbons (Fsp3) is 0.125. The number of hydrogen-bond acceptors (Lipinski definition) is 3. The van der Waals surface area contributed by atoms with Gasteiger partial charge in [0.1, 0.15) is 17.2 Å². The summed E-state index contributed by atoms with van der Waals surface area (Å²) in [5.41, 5.74) is 4.38. The number of fused-ring (bicyclic) bond motifs is 1. The molecule has 1 unspecified atom stereocenters. The Kier molecular flexibility index (Phi) is 4.05. The molecule has 0 bridgehead atoms. The lowest BCUT2D eigenvalue weighted by atomic mass is 10.0. The van der Waals surface area contributed by atoms with E-state index in [0.717, 1.165) is 26.8 Å². The van der Waals surface area contributed by atoms with Crippen molar-refractivity contribution < 1.29 is 8.81 Å². The van der Waals surface area contributed by atoms with Crippen LogP contribution < -0.4 is 11.3 Å². The predicted octanol–water partition coefficient (Wildman–Crippen LogP) is 4.08. The SMILES string of the molecule is NNC(Cc1cccc(F)c1)c1cc2cccc(Br)c2o1. The van der Waals surface area contributed by atoms with Crippen molar-refractivity contribution in [2.24, 2.45) is 5.84 Å². The molecule has 108 valence electrons. The van der Waals surface area contributed by atoms with Crippen LogP contribution in [0.3, 0.4) is 0 Å². The summed E-state index contributed by atoms with van der Waals surface area (Å²) in [7, 11) is 0. The Bertz CT molecular complexity index is 772. The third-order valence-electron chi connectivity index (χ3n) is 3.39. The van der Waals surface area contributed by atoms with Crippen LogP contribution in [0.2, 0.25) is 0 Å². The number of halogens is 2. The van der Waals surface area contributed by atoms with Crippen LogP contribution in [-0.2, 0) is 6.42 Å². The highest BCUT2D eigenvalue weighted by Gasteiger charge is 2.17. The van der Waals surface area contributed by atoms with Gasteiger partial charge >= 0.3 is 0 Å². The van der Waals surface area contributed by atoms with Crippen molar-refractivity contribution in [1.82, 2.24) is 5.43 Å². The first kappa shape index (κ1) is 14.3. The van der Waals surface area contributed by atoms with Crippen LogP contribution >= 0.6 is 15.9 Å². The summed E-state index contributed by atoms with van der Waals surface area (Å²) in [5.74, 6) is 6.11. The number of para-hydroxylation sites is 1. The fourth-order valence-electron chi connectivity index (χ4n) is 2.36. The normalized spacial score (nSPS) is 12.7. The molecule has 0 aliphatic rings. The molecule has 3 aromatic rings. The molecule has 0 aliphatic heterocycles. The van der Waals surface area contributed by atoms with Gasteiger partial charge in [-0.05, 0) is 52.2 Å². The maximum absolute atomic E-state index is 13.3. The zero-order chi connectivity index (χ0) is 14.8. The molecule has 0 aliphatic carbocycles. The average Bonchev–Trinajstić information content (AvgIpc) is 2.90. The Morgan fingerprint density at radius 3 is 2.71 bits per heavy atom. The summed E-state index contributed by atoms with van der Waals surface area (Å²) < 4.78 is 20.0. The third-order valence-corrected chi connectivity index (χ3v) is 4.01. The van der Waals surface area contributed by atoms with E-state index in [-0.39, 0.29) is 11.9 Å². The van der Waals surface area contributed by atoms with E-state index in [1.54, 1.807) is 6.07 Å². The highest BCUT2D eigenvalue weighted by atomic mass is 79.9. The van der Waals surface area contributed by atoms with Crippen molar-refractivity contribution in [3.8, 4) is 0 Å². The maximum Gasteiger partial charge on any atom is 0.148 e. The smallest absolute Gasteiger partial charge is 0.148 e. The molecule has 3 N–H and O–H groups in total. The molecule has 0 spiro atoms. The average molecular weight is 349 g/mol. The fourth-order valence-corrected chi connectivity index (χ4v) is 2.82. The van der Waals surface area contributed by atoms with Crippen molar-refractivity contribution in [3.63, 3.8) is 0 Å². The Morgan fingerprint density at radius 1 is 1.19 bits per heavy atom. The molecule has 0 radical (unpaired) electrons. The van der Waals surface area contributed by atoms with Crippen LogP contribution in [0.4, 0.5) is 4.39 Å². The van der Waals surface area contributed by atoms with Crippen LogP contribution in [0.1, 0.15) is 17.4 Å². The second-order valence-corrected chi connectivity index (χ2v) is 5.71. The molecule has 5 heteroatoms. The zero-order valence-corrected chi connectivity index (χ0v) is 12.7. The van der Waals surface area contributed by atoms with Gasteiger partial charge < -0.3 is 4.42 Å². The van der Waals surface area contributed by atoms with Crippen LogP contribution in [0.15, 0.2) is 57.4 Å². The van der Waals surface area contributed by atoms with Gasteiger partial charge in [-0.25, -0.2) is 9.82 Å². The lowest BCUT2D eigenvalue weighted by Gasteiger charge is -2.13. The summed E-state index contributed by atoms with van der Waals surface area (Å²) in [6, 6.07) is 14.1. The second kappa shape index (κ2) is 5.97. The van der Waals surface area contributed by atoms with Crippen molar-refractivity contribution in [3.05, 3.63) is 70.1 Å².